The minimum Gasteiger partial charge on any atom is -0.465 e. The summed E-state index contributed by atoms with van der Waals surface area (Å²) in [5.74, 6) is 4.26. The number of aldehydes is 1. The normalized spacial score (nSPS) is 8.36. The molecule has 1 aromatic heterocycles. The molecule has 0 radical (unpaired) electrons. The van der Waals surface area contributed by atoms with Crippen molar-refractivity contribution in [2.24, 2.45) is 0 Å². The van der Waals surface area contributed by atoms with E-state index in [9.17, 15) is 9.59 Å². The third kappa shape index (κ3) is 2.42. The first kappa shape index (κ1) is 9.93. The maximum absolute atomic E-state index is 11.0. The third-order valence-electron chi connectivity index (χ3n) is 1.44. The van der Waals surface area contributed by atoms with E-state index in [4.69, 9.17) is 0 Å². The first-order chi connectivity index (χ1) is 6.77. The molecule has 0 aliphatic rings. The second kappa shape index (κ2) is 4.77. The number of hydrogen-bond acceptors (Lipinski definition) is 4. The molecule has 0 fully saturated rings. The second-order valence-electron chi connectivity index (χ2n) is 2.31. The number of aromatic nitrogens is 1. The number of nitrogens with zero attached hydrogens (tertiary/aromatic N) is 1. The fourth-order valence-corrected chi connectivity index (χ4v) is 0.810. The van der Waals surface area contributed by atoms with Gasteiger partial charge in [-0.15, -0.1) is 0 Å². The van der Waals surface area contributed by atoms with E-state index in [1.165, 1.54) is 19.4 Å². The van der Waals surface area contributed by atoms with Crippen LogP contribution in [0.1, 0.15) is 16.1 Å². The number of rotatable bonds is 1. The maximum Gasteiger partial charge on any atom is 0.339 e. The van der Waals surface area contributed by atoms with Crippen LogP contribution in [0.2, 0.25) is 0 Å². The first-order valence-corrected chi connectivity index (χ1v) is 3.77. The number of ether oxygens (including phenoxy) is 1. The van der Waals surface area contributed by atoms with Gasteiger partial charge in [0.05, 0.1) is 12.7 Å². The molecule has 0 amide bonds. The lowest BCUT2D eigenvalue weighted by Crippen LogP contribution is -2.01. The fourth-order valence-electron chi connectivity index (χ4n) is 0.810. The molecule has 0 saturated carbocycles. The van der Waals surface area contributed by atoms with Crippen LogP contribution in [0.25, 0.3) is 0 Å². The summed E-state index contributed by atoms with van der Waals surface area (Å²) in [6.45, 7) is 0. The molecule has 1 rings (SSSR count). The minimum atomic E-state index is -0.451. The van der Waals surface area contributed by atoms with Crippen molar-refractivity contribution in [2.75, 3.05) is 7.11 Å². The van der Waals surface area contributed by atoms with Gasteiger partial charge in [0.15, 0.2) is 6.29 Å². The summed E-state index contributed by atoms with van der Waals surface area (Å²) in [7, 11) is 1.29. The molecule has 0 N–H and O–H groups in total. The summed E-state index contributed by atoms with van der Waals surface area (Å²) in [4.78, 5) is 24.8. The number of methoxy groups -OCH3 is 1. The molecule has 0 atom stereocenters. The van der Waals surface area contributed by atoms with Gasteiger partial charge in [-0.2, -0.15) is 0 Å². The average Bonchev–Trinajstić information content (AvgIpc) is 2.26. The van der Waals surface area contributed by atoms with Crippen LogP contribution in [0, 0.1) is 11.8 Å². The molecular formula is C10H7NO3. The van der Waals surface area contributed by atoms with Gasteiger partial charge in [0, 0.05) is 6.20 Å². The molecular weight excluding hydrogens is 182 g/mol. The lowest BCUT2D eigenvalue weighted by Gasteiger charge is -1.96. The Morgan fingerprint density at radius 3 is 2.86 bits per heavy atom. The molecule has 0 aliphatic heterocycles. The molecule has 1 aromatic rings. The van der Waals surface area contributed by atoms with E-state index < -0.39 is 5.97 Å². The smallest absolute Gasteiger partial charge is 0.339 e. The molecule has 70 valence electrons. The zero-order valence-electron chi connectivity index (χ0n) is 7.48. The van der Waals surface area contributed by atoms with Gasteiger partial charge in [0.2, 0.25) is 0 Å². The maximum atomic E-state index is 11.0. The van der Waals surface area contributed by atoms with E-state index >= 15 is 0 Å². The Balaban J connectivity index is 2.88. The largest absolute Gasteiger partial charge is 0.465 e. The zero-order chi connectivity index (χ0) is 10.4. The van der Waals surface area contributed by atoms with Crippen LogP contribution in [0.3, 0.4) is 0 Å². The molecule has 14 heavy (non-hydrogen) atoms. The lowest BCUT2D eigenvalue weighted by molar-refractivity contribution is -0.103. The number of carbonyl (C=O) groups is 2. The Kier molecular flexibility index (Phi) is 3.39. The number of esters is 1. The number of carbonyl (C=O) groups excluding carboxylic acids is 2. The highest BCUT2D eigenvalue weighted by Crippen LogP contribution is 2.00. The van der Waals surface area contributed by atoms with Gasteiger partial charge < -0.3 is 4.74 Å². The Hall–Kier alpha value is -2.15. The highest BCUT2D eigenvalue weighted by molar-refractivity contribution is 5.88. The molecule has 1 heterocycles. The van der Waals surface area contributed by atoms with Crippen molar-refractivity contribution in [1.29, 1.82) is 0 Å². The molecule has 4 heteroatoms. The highest BCUT2D eigenvalue weighted by Gasteiger charge is 2.03. The van der Waals surface area contributed by atoms with E-state index in [1.807, 2.05) is 0 Å². The van der Waals surface area contributed by atoms with E-state index in [0.717, 1.165) is 0 Å². The van der Waals surface area contributed by atoms with Crippen LogP contribution in [0.5, 0.6) is 0 Å². The molecule has 0 saturated heterocycles. The van der Waals surface area contributed by atoms with Crippen molar-refractivity contribution in [3.63, 3.8) is 0 Å². The average molecular weight is 189 g/mol. The van der Waals surface area contributed by atoms with Crippen molar-refractivity contribution >= 4 is 12.3 Å². The number of hydrogen-bond donors (Lipinski definition) is 0. The van der Waals surface area contributed by atoms with Gasteiger partial charge in [-0.25, -0.2) is 9.78 Å². The minimum absolute atomic E-state index is 0.351. The molecule has 0 unspecified atom stereocenters. The van der Waals surface area contributed by atoms with Crippen molar-refractivity contribution in [3.8, 4) is 11.8 Å². The fraction of sp³-hybridized carbons (Fsp3) is 0.100. The van der Waals surface area contributed by atoms with Gasteiger partial charge in [-0.3, -0.25) is 4.79 Å². The van der Waals surface area contributed by atoms with Crippen LogP contribution in [-0.2, 0) is 9.53 Å². The lowest BCUT2D eigenvalue weighted by atomic mass is 10.2. The van der Waals surface area contributed by atoms with Gasteiger partial charge >= 0.3 is 5.97 Å². The Morgan fingerprint density at radius 2 is 2.36 bits per heavy atom. The van der Waals surface area contributed by atoms with Crippen LogP contribution in [-0.4, -0.2) is 24.3 Å². The third-order valence-corrected chi connectivity index (χ3v) is 1.44. The second-order valence-corrected chi connectivity index (χ2v) is 2.31. The summed E-state index contributed by atoms with van der Waals surface area (Å²) in [5.41, 5.74) is 0.786. The van der Waals surface area contributed by atoms with E-state index in [-0.39, 0.29) is 0 Å². The van der Waals surface area contributed by atoms with Crippen molar-refractivity contribution in [2.45, 2.75) is 0 Å². The number of pyridine rings is 1. The van der Waals surface area contributed by atoms with Crippen molar-refractivity contribution < 1.29 is 14.3 Å². The van der Waals surface area contributed by atoms with Crippen molar-refractivity contribution in [3.05, 3.63) is 29.6 Å². The van der Waals surface area contributed by atoms with Crippen molar-refractivity contribution in [1.82, 2.24) is 4.98 Å². The topological polar surface area (TPSA) is 56.3 Å². The summed E-state index contributed by atoms with van der Waals surface area (Å²) < 4.78 is 4.49. The van der Waals surface area contributed by atoms with Crippen LogP contribution < -0.4 is 0 Å². The van der Waals surface area contributed by atoms with Gasteiger partial charge in [0.1, 0.15) is 5.69 Å². The zero-order valence-corrected chi connectivity index (χ0v) is 7.48. The summed E-state index contributed by atoms with van der Waals surface area (Å²) in [6.07, 6.45) is 1.83. The van der Waals surface area contributed by atoms with E-state index in [2.05, 4.69) is 21.6 Å². The SMILES string of the molecule is COC(=O)c1ccc(C#CC=O)nc1. The molecule has 0 spiro atoms. The summed E-state index contributed by atoms with van der Waals surface area (Å²) in [5, 5.41) is 0. The van der Waals surface area contributed by atoms with Crippen LogP contribution >= 0.6 is 0 Å². The van der Waals surface area contributed by atoms with E-state index in [1.54, 1.807) is 6.07 Å². The highest BCUT2D eigenvalue weighted by atomic mass is 16.5. The van der Waals surface area contributed by atoms with Crippen LogP contribution in [0.4, 0.5) is 0 Å². The summed E-state index contributed by atoms with van der Waals surface area (Å²) in [6, 6.07) is 3.08. The predicted molar refractivity (Wildman–Crippen MR) is 48.5 cm³/mol. The summed E-state index contributed by atoms with van der Waals surface area (Å²) >= 11 is 0. The molecule has 0 bridgehead atoms. The van der Waals surface area contributed by atoms with Gasteiger partial charge in [0.25, 0.3) is 0 Å². The molecule has 0 aromatic carbocycles. The quantitative estimate of drug-likeness (QED) is 0.365. The van der Waals surface area contributed by atoms with Gasteiger partial charge in [-0.05, 0) is 24.0 Å². The monoisotopic (exact) mass is 189 g/mol. The van der Waals surface area contributed by atoms with Crippen LogP contribution in [0.15, 0.2) is 18.3 Å². The van der Waals surface area contributed by atoms with E-state index in [0.29, 0.717) is 17.5 Å². The molecule has 4 nitrogen and oxygen atoms in total. The standard InChI is InChI=1S/C10H7NO3/c1-14-10(13)8-4-5-9(11-7-8)3-2-6-12/h4-7H,1H3. The first-order valence-electron chi connectivity index (χ1n) is 3.77. The Morgan fingerprint density at radius 1 is 1.57 bits per heavy atom. The Bertz CT molecular complexity index is 398. The predicted octanol–water partition coefficient (Wildman–Crippen LogP) is 0.419. The Labute approximate surface area is 80.9 Å². The van der Waals surface area contributed by atoms with Gasteiger partial charge in [-0.1, -0.05) is 0 Å². The molecule has 0 aliphatic carbocycles.